The van der Waals surface area contributed by atoms with E-state index in [2.05, 4.69) is 87.6 Å². The first-order valence-electron chi connectivity index (χ1n) is 15.4. The van der Waals surface area contributed by atoms with Gasteiger partial charge in [-0.25, -0.2) is 0 Å². The Morgan fingerprint density at radius 3 is 2.47 bits per heavy atom. The Hall–Kier alpha value is -0.603. The van der Waals surface area contributed by atoms with Crippen molar-refractivity contribution >= 4 is 8.32 Å². The molecule has 206 valence electrons. The molecule has 1 fully saturated rings. The Labute approximate surface area is 226 Å². The second-order valence-electron chi connectivity index (χ2n) is 15.0. The van der Waals surface area contributed by atoms with Gasteiger partial charge in [0.1, 0.15) is 0 Å². The Morgan fingerprint density at radius 2 is 1.83 bits per heavy atom. The molecule has 0 aromatic heterocycles. The molecule has 0 heterocycles. The summed E-state index contributed by atoms with van der Waals surface area (Å²) in [6.45, 7) is 26.6. The number of hydrogen-bond donors (Lipinski definition) is 0. The second kappa shape index (κ2) is 11.6. The molecule has 0 bridgehead atoms. The summed E-state index contributed by atoms with van der Waals surface area (Å²) in [6.07, 6.45) is 18.9. The molecule has 0 aromatic carbocycles. The first kappa shape index (κ1) is 29.9. The molecule has 0 N–H and O–H groups in total. The molecule has 36 heavy (non-hydrogen) atoms. The molecular formula is C34H60OSi. The average molecular weight is 513 g/mol. The summed E-state index contributed by atoms with van der Waals surface area (Å²) >= 11 is 0. The second-order valence-corrected chi connectivity index (χ2v) is 19.8. The number of rotatable bonds is 9. The van der Waals surface area contributed by atoms with E-state index in [1.165, 1.54) is 75.4 Å². The van der Waals surface area contributed by atoms with Crippen LogP contribution in [0.15, 0.2) is 34.4 Å². The van der Waals surface area contributed by atoms with Crippen LogP contribution >= 0.6 is 0 Å². The maximum atomic E-state index is 6.94. The highest BCUT2D eigenvalue weighted by Gasteiger charge is 2.49. The molecule has 0 amide bonds. The molecule has 0 radical (unpaired) electrons. The Balaban J connectivity index is 1.77. The van der Waals surface area contributed by atoms with Crippen molar-refractivity contribution in [2.45, 2.75) is 151 Å². The number of fused-ring (bicyclic) bond motifs is 1. The smallest absolute Gasteiger partial charge is 0.192 e. The Morgan fingerprint density at radius 1 is 1.14 bits per heavy atom. The predicted molar refractivity (Wildman–Crippen MR) is 162 cm³/mol. The van der Waals surface area contributed by atoms with Gasteiger partial charge >= 0.3 is 0 Å². The molecule has 2 heteroatoms. The molecule has 3 aliphatic carbocycles. The van der Waals surface area contributed by atoms with Crippen molar-refractivity contribution in [2.75, 3.05) is 0 Å². The number of allylic oxidation sites excluding steroid dienone is 5. The lowest BCUT2D eigenvalue weighted by atomic mass is 9.62. The molecule has 1 nitrogen and oxygen atoms in total. The summed E-state index contributed by atoms with van der Waals surface area (Å²) in [6, 6.07) is 0. The summed E-state index contributed by atoms with van der Waals surface area (Å²) < 4.78 is 6.94. The fraction of sp³-hybridized carbons (Fsp3) is 0.824. The van der Waals surface area contributed by atoms with Gasteiger partial charge in [-0.15, -0.1) is 0 Å². The van der Waals surface area contributed by atoms with Gasteiger partial charge in [0.05, 0.1) is 6.10 Å². The van der Waals surface area contributed by atoms with Crippen molar-refractivity contribution in [2.24, 2.45) is 29.1 Å². The lowest BCUT2D eigenvalue weighted by Crippen LogP contribution is -2.44. The van der Waals surface area contributed by atoms with E-state index in [4.69, 9.17) is 4.43 Å². The topological polar surface area (TPSA) is 9.23 Å². The maximum Gasteiger partial charge on any atom is 0.192 e. The van der Waals surface area contributed by atoms with Crippen LogP contribution < -0.4 is 0 Å². The summed E-state index contributed by atoms with van der Waals surface area (Å²) in [4.78, 5) is 0. The fourth-order valence-corrected chi connectivity index (χ4v) is 8.96. The van der Waals surface area contributed by atoms with E-state index < -0.39 is 8.32 Å². The van der Waals surface area contributed by atoms with Crippen molar-refractivity contribution in [3.05, 3.63) is 34.4 Å². The van der Waals surface area contributed by atoms with Gasteiger partial charge in [-0.3, -0.25) is 0 Å². The minimum Gasteiger partial charge on any atom is -0.410 e. The van der Waals surface area contributed by atoms with Crippen LogP contribution in [-0.4, -0.2) is 14.4 Å². The van der Waals surface area contributed by atoms with Crippen molar-refractivity contribution in [1.29, 1.82) is 0 Å². The van der Waals surface area contributed by atoms with Crippen molar-refractivity contribution in [1.82, 2.24) is 0 Å². The van der Waals surface area contributed by atoms with Gasteiger partial charge in [0.15, 0.2) is 8.32 Å². The highest BCUT2D eigenvalue weighted by molar-refractivity contribution is 6.74. The van der Waals surface area contributed by atoms with E-state index in [-0.39, 0.29) is 5.04 Å². The summed E-state index contributed by atoms with van der Waals surface area (Å²) in [5.41, 5.74) is 6.77. The largest absolute Gasteiger partial charge is 0.410 e. The number of hydrogen-bond acceptors (Lipinski definition) is 1. The fourth-order valence-electron chi connectivity index (χ4n) is 7.60. The summed E-state index contributed by atoms with van der Waals surface area (Å²) in [5.74, 6) is 3.35. The molecule has 1 saturated carbocycles. The van der Waals surface area contributed by atoms with Gasteiger partial charge in [0.2, 0.25) is 0 Å². The Kier molecular flexibility index (Phi) is 9.69. The minimum atomic E-state index is -1.77. The van der Waals surface area contributed by atoms with Gasteiger partial charge < -0.3 is 4.43 Å². The van der Waals surface area contributed by atoms with Crippen molar-refractivity contribution in [3.8, 4) is 0 Å². The van der Waals surface area contributed by atoms with E-state index in [9.17, 15) is 0 Å². The van der Waals surface area contributed by atoms with E-state index in [1.807, 2.05) is 0 Å². The van der Waals surface area contributed by atoms with Crippen molar-refractivity contribution in [3.63, 3.8) is 0 Å². The highest BCUT2D eigenvalue weighted by atomic mass is 28.4. The predicted octanol–water partition coefficient (Wildman–Crippen LogP) is 11.0. The van der Waals surface area contributed by atoms with E-state index in [0.717, 1.165) is 23.7 Å². The molecular weight excluding hydrogens is 452 g/mol. The first-order chi connectivity index (χ1) is 16.7. The van der Waals surface area contributed by atoms with Crippen LogP contribution in [0.1, 0.15) is 127 Å². The van der Waals surface area contributed by atoms with Gasteiger partial charge in [0, 0.05) is 0 Å². The zero-order chi connectivity index (χ0) is 26.9. The third-order valence-electron chi connectivity index (χ3n) is 11.0. The summed E-state index contributed by atoms with van der Waals surface area (Å²) in [7, 11) is -1.77. The lowest BCUT2D eigenvalue weighted by molar-refractivity contribution is 0.107. The zero-order valence-electron chi connectivity index (χ0n) is 26.0. The monoisotopic (exact) mass is 512 g/mol. The van der Waals surface area contributed by atoms with Gasteiger partial charge in [-0.1, -0.05) is 79.9 Å². The molecule has 0 spiro atoms. The van der Waals surface area contributed by atoms with E-state index in [1.54, 1.807) is 11.1 Å². The van der Waals surface area contributed by atoms with Crippen LogP contribution in [0.5, 0.6) is 0 Å². The van der Waals surface area contributed by atoms with E-state index >= 15 is 0 Å². The SMILES string of the molecule is CC1=C(/C(C)=C\C2=CCC[C@]3(C)[C@@H]([C@H](C)CCCC(C)C)CC[C@@H]23)CCC[C@@H]1O[Si](C)(C)C(C)(C)C. The lowest BCUT2D eigenvalue weighted by Gasteiger charge is -2.43. The molecule has 0 aliphatic heterocycles. The summed E-state index contributed by atoms with van der Waals surface area (Å²) in [5, 5.41) is 0.262. The third-order valence-corrected chi connectivity index (χ3v) is 15.4. The van der Waals surface area contributed by atoms with Gasteiger partial charge in [-0.2, -0.15) is 0 Å². The van der Waals surface area contributed by atoms with Crippen molar-refractivity contribution < 1.29 is 4.43 Å². The average Bonchev–Trinajstić information content (AvgIpc) is 3.12. The molecule has 3 rings (SSSR count). The normalized spacial score (nSPS) is 31.1. The zero-order valence-corrected chi connectivity index (χ0v) is 27.0. The van der Waals surface area contributed by atoms with Gasteiger partial charge in [-0.05, 0) is 128 Å². The van der Waals surface area contributed by atoms with Crippen LogP contribution in [0.3, 0.4) is 0 Å². The van der Waals surface area contributed by atoms with Crippen LogP contribution in [-0.2, 0) is 4.43 Å². The maximum absolute atomic E-state index is 6.94. The molecule has 0 unspecified atom stereocenters. The molecule has 0 aromatic rings. The van der Waals surface area contributed by atoms with Crippen LogP contribution in [0, 0.1) is 29.1 Å². The van der Waals surface area contributed by atoms with E-state index in [0.29, 0.717) is 11.5 Å². The highest BCUT2D eigenvalue weighted by Crippen LogP contribution is 2.59. The van der Waals surface area contributed by atoms with Crippen LogP contribution in [0.25, 0.3) is 0 Å². The Bertz CT molecular complexity index is 851. The quantitative estimate of drug-likeness (QED) is 0.279. The first-order valence-corrected chi connectivity index (χ1v) is 18.3. The van der Waals surface area contributed by atoms with Crippen LogP contribution in [0.4, 0.5) is 0 Å². The molecule has 5 atom stereocenters. The minimum absolute atomic E-state index is 0.262. The standard InChI is InChI=1S/C34H60OSi/c1-24(2)15-12-16-25(3)30-20-21-31-28(17-14-22-34(30,31)9)23-26(4)29-18-13-19-32(27(29)5)35-36(10,11)33(6,7)8/h17,23-25,30-32H,12-16,18-22H2,1-11H3/b26-23-/t25-,30-,31+,32+,34-/m1/s1. The molecule has 3 aliphatic rings. The van der Waals surface area contributed by atoms with Gasteiger partial charge in [0.25, 0.3) is 0 Å². The van der Waals surface area contributed by atoms with Crippen LogP contribution in [0.2, 0.25) is 18.1 Å². The third kappa shape index (κ3) is 6.51. The molecule has 0 saturated heterocycles.